The molecule has 1 aromatic rings. The maximum absolute atomic E-state index is 12.6. The van der Waals surface area contributed by atoms with Gasteiger partial charge in [0.1, 0.15) is 5.71 Å². The third kappa shape index (κ3) is 3.91. The van der Waals surface area contributed by atoms with Gasteiger partial charge in [0.25, 0.3) is 5.91 Å². The van der Waals surface area contributed by atoms with Crippen LogP contribution in [-0.2, 0) is 32.3 Å². The average Bonchev–Trinajstić information content (AvgIpc) is 3.16. The molecule has 1 fully saturated rings. The Balaban J connectivity index is 1.48. The molecule has 146 valence electrons. The number of fused-ring (bicyclic) bond motifs is 1. The van der Waals surface area contributed by atoms with Crippen LogP contribution in [0.15, 0.2) is 5.10 Å². The lowest BCUT2D eigenvalue weighted by molar-refractivity contribution is -0.133. The van der Waals surface area contributed by atoms with Crippen molar-refractivity contribution in [2.75, 3.05) is 16.8 Å². The van der Waals surface area contributed by atoms with Gasteiger partial charge in [0, 0.05) is 17.7 Å². The van der Waals surface area contributed by atoms with Crippen molar-refractivity contribution in [1.29, 1.82) is 0 Å². The van der Waals surface area contributed by atoms with E-state index in [4.69, 9.17) is 0 Å². The number of nitrogens with one attached hydrogen (secondary N) is 1. The van der Waals surface area contributed by atoms with Gasteiger partial charge >= 0.3 is 0 Å². The zero-order valence-electron chi connectivity index (χ0n) is 15.1. The largest absolute Gasteiger partial charge is 0.297 e. The number of nitrogens with zero attached hydrogens (tertiary/aromatic N) is 3. The topological polar surface area (TPSA) is 109 Å². The maximum Gasteiger partial charge on any atom is 0.273 e. The Morgan fingerprint density at radius 3 is 2.81 bits per heavy atom. The molecule has 1 saturated heterocycles. The van der Waals surface area contributed by atoms with E-state index >= 15 is 0 Å². The van der Waals surface area contributed by atoms with Crippen LogP contribution >= 0.6 is 11.3 Å². The molecule has 3 aliphatic rings. The van der Waals surface area contributed by atoms with Crippen LogP contribution in [0, 0.1) is 5.92 Å². The lowest BCUT2D eigenvalue weighted by Gasteiger charge is -2.27. The monoisotopic (exact) mass is 410 g/mol. The molecule has 3 heterocycles. The molecule has 2 atom stereocenters. The predicted molar refractivity (Wildman–Crippen MR) is 103 cm³/mol. The zero-order valence-corrected chi connectivity index (χ0v) is 16.7. The fraction of sp³-hybridized carbons (Fsp3) is 0.647. The summed E-state index contributed by atoms with van der Waals surface area (Å²) in [6, 6.07) is -0.473. The van der Waals surface area contributed by atoms with Crippen molar-refractivity contribution < 1.29 is 18.0 Å². The van der Waals surface area contributed by atoms with E-state index in [1.807, 2.05) is 0 Å². The van der Waals surface area contributed by atoms with Crippen LogP contribution in [0.1, 0.15) is 43.2 Å². The number of sulfone groups is 1. The summed E-state index contributed by atoms with van der Waals surface area (Å²) < 4.78 is 23.4. The first-order valence-corrected chi connectivity index (χ1v) is 11.8. The van der Waals surface area contributed by atoms with Crippen molar-refractivity contribution in [1.82, 2.24) is 9.99 Å². The first kappa shape index (κ1) is 18.5. The Morgan fingerprint density at radius 1 is 1.26 bits per heavy atom. The summed E-state index contributed by atoms with van der Waals surface area (Å²) >= 11 is 1.50. The highest BCUT2D eigenvalue weighted by Gasteiger charge is 2.37. The van der Waals surface area contributed by atoms with E-state index in [0.29, 0.717) is 17.5 Å². The van der Waals surface area contributed by atoms with Crippen molar-refractivity contribution in [3.63, 3.8) is 0 Å². The number of hydrazone groups is 1. The molecule has 0 aromatic carbocycles. The molecule has 1 aromatic heterocycles. The number of aryl methyl sites for hydroxylation is 1. The van der Waals surface area contributed by atoms with Gasteiger partial charge in [0.2, 0.25) is 5.91 Å². The highest BCUT2D eigenvalue weighted by Crippen LogP contribution is 2.32. The average molecular weight is 411 g/mol. The number of thiazole rings is 1. The van der Waals surface area contributed by atoms with Crippen LogP contribution in [0.2, 0.25) is 0 Å². The summed E-state index contributed by atoms with van der Waals surface area (Å²) in [5, 5.41) is 8.78. The summed E-state index contributed by atoms with van der Waals surface area (Å²) in [7, 11) is -3.13. The molecule has 0 radical (unpaired) electrons. The normalized spacial score (nSPS) is 27.2. The second kappa shape index (κ2) is 6.97. The number of rotatable bonds is 3. The van der Waals surface area contributed by atoms with Gasteiger partial charge < -0.3 is 0 Å². The van der Waals surface area contributed by atoms with Gasteiger partial charge in [-0.15, -0.1) is 11.3 Å². The zero-order chi connectivity index (χ0) is 19.2. The number of carbonyl (C=O) groups is 2. The van der Waals surface area contributed by atoms with Crippen molar-refractivity contribution in [3.8, 4) is 0 Å². The van der Waals surface area contributed by atoms with Crippen LogP contribution in [-0.4, -0.2) is 53.5 Å². The Kier molecular flexibility index (Phi) is 4.79. The van der Waals surface area contributed by atoms with Crippen LogP contribution in [0.5, 0.6) is 0 Å². The van der Waals surface area contributed by atoms with Crippen LogP contribution in [0.25, 0.3) is 0 Å². The van der Waals surface area contributed by atoms with Gasteiger partial charge in [-0.3, -0.25) is 14.9 Å². The lowest BCUT2D eigenvalue weighted by Crippen LogP contribution is -2.42. The maximum atomic E-state index is 12.6. The molecular formula is C17H22N4O4S2. The number of anilines is 1. The molecule has 10 heteroatoms. The highest BCUT2D eigenvalue weighted by atomic mass is 32.2. The molecule has 2 amide bonds. The van der Waals surface area contributed by atoms with E-state index in [1.54, 1.807) is 0 Å². The van der Waals surface area contributed by atoms with Gasteiger partial charge in [-0.2, -0.15) is 5.10 Å². The molecule has 0 spiro atoms. The number of hydrogen-bond acceptors (Lipinski definition) is 7. The Labute approximate surface area is 162 Å². The standard InChI is InChI=1S/C17H22N4O4S2/c1-10-2-3-12-14(8-10)26-17(18-12)19-16(23)13-4-5-15(22)21(20-13)11-6-7-27(24,25)9-11/h10-11H,2-9H2,1H3,(H,18,19,23)/t10-,11-/m0/s1. The van der Waals surface area contributed by atoms with E-state index in [2.05, 4.69) is 22.3 Å². The van der Waals surface area contributed by atoms with Gasteiger partial charge in [-0.1, -0.05) is 6.92 Å². The molecule has 8 nitrogen and oxygen atoms in total. The number of carbonyl (C=O) groups excluding carboxylic acids is 2. The Morgan fingerprint density at radius 2 is 2.07 bits per heavy atom. The number of aromatic nitrogens is 1. The molecule has 1 aliphatic carbocycles. The molecular weight excluding hydrogens is 388 g/mol. The second-order valence-corrected chi connectivity index (χ2v) is 10.8. The van der Waals surface area contributed by atoms with Gasteiger partial charge in [-0.25, -0.2) is 18.4 Å². The first-order valence-electron chi connectivity index (χ1n) is 9.20. The smallest absolute Gasteiger partial charge is 0.273 e. The quantitative estimate of drug-likeness (QED) is 0.810. The van der Waals surface area contributed by atoms with Crippen molar-refractivity contribution in [2.45, 2.75) is 51.5 Å². The van der Waals surface area contributed by atoms with Crippen molar-refractivity contribution in [2.24, 2.45) is 11.0 Å². The summed E-state index contributed by atoms with van der Waals surface area (Å²) in [6.45, 7) is 2.21. The molecule has 2 aliphatic heterocycles. The molecule has 4 rings (SSSR count). The number of hydrogen-bond donors (Lipinski definition) is 1. The van der Waals surface area contributed by atoms with E-state index in [-0.39, 0.29) is 41.9 Å². The third-order valence-corrected chi connectivity index (χ3v) is 8.07. The van der Waals surface area contributed by atoms with Gasteiger partial charge in [-0.05, 0) is 31.6 Å². The lowest BCUT2D eigenvalue weighted by atomic mass is 9.93. The molecule has 0 unspecified atom stereocenters. The predicted octanol–water partition coefficient (Wildman–Crippen LogP) is 1.37. The fourth-order valence-electron chi connectivity index (χ4n) is 3.75. The van der Waals surface area contributed by atoms with Gasteiger partial charge in [0.05, 0.1) is 23.2 Å². The minimum Gasteiger partial charge on any atom is -0.297 e. The van der Waals surface area contributed by atoms with E-state index < -0.39 is 15.9 Å². The summed E-state index contributed by atoms with van der Waals surface area (Å²) in [5.74, 6) is 0.00201. The first-order chi connectivity index (χ1) is 12.8. The molecule has 0 saturated carbocycles. The van der Waals surface area contributed by atoms with Crippen molar-refractivity contribution in [3.05, 3.63) is 10.6 Å². The second-order valence-electron chi connectivity index (χ2n) is 7.53. The molecule has 1 N–H and O–H groups in total. The van der Waals surface area contributed by atoms with E-state index in [9.17, 15) is 18.0 Å². The summed E-state index contributed by atoms with van der Waals surface area (Å²) in [6.07, 6.45) is 3.81. The van der Waals surface area contributed by atoms with Gasteiger partial charge in [0.15, 0.2) is 15.0 Å². The van der Waals surface area contributed by atoms with E-state index in [0.717, 1.165) is 25.0 Å². The number of amides is 2. The fourth-order valence-corrected chi connectivity index (χ4v) is 6.61. The highest BCUT2D eigenvalue weighted by molar-refractivity contribution is 7.91. The van der Waals surface area contributed by atoms with Crippen LogP contribution in [0.3, 0.4) is 0 Å². The summed E-state index contributed by atoms with van der Waals surface area (Å²) in [5.41, 5.74) is 1.31. The van der Waals surface area contributed by atoms with Crippen LogP contribution < -0.4 is 5.32 Å². The van der Waals surface area contributed by atoms with Crippen molar-refractivity contribution >= 4 is 43.8 Å². The Bertz CT molecular complexity index is 921. The van der Waals surface area contributed by atoms with Crippen LogP contribution in [0.4, 0.5) is 5.13 Å². The Hall–Kier alpha value is -1.81. The minimum absolute atomic E-state index is 0.0571. The third-order valence-electron chi connectivity index (χ3n) is 5.28. The van der Waals surface area contributed by atoms with E-state index in [1.165, 1.54) is 21.2 Å². The molecule has 27 heavy (non-hydrogen) atoms. The summed E-state index contributed by atoms with van der Waals surface area (Å²) in [4.78, 5) is 30.5. The minimum atomic E-state index is -3.13. The molecule has 0 bridgehead atoms. The SMILES string of the molecule is C[C@H]1CCc2nc(NC(=O)C3=NN([C@H]4CCS(=O)(=O)C4)C(=O)CC3)sc2C1.